The molecule has 0 aromatic carbocycles. The minimum absolute atomic E-state index is 0. The number of sulfone groups is 1. The molecule has 0 aliphatic heterocycles. The van der Waals surface area contributed by atoms with Crippen LogP contribution in [0.15, 0.2) is 4.99 Å². The molecule has 0 spiro atoms. The third kappa shape index (κ3) is 12.6. The summed E-state index contributed by atoms with van der Waals surface area (Å²) in [6, 6.07) is 0. The molecule has 0 bridgehead atoms. The number of aliphatic imine (C=N–C) groups is 1. The summed E-state index contributed by atoms with van der Waals surface area (Å²) in [5, 5.41) is 9.04. The molecule has 0 rings (SSSR count). The van der Waals surface area contributed by atoms with Crippen molar-refractivity contribution in [1.82, 2.24) is 16.0 Å². The van der Waals surface area contributed by atoms with Crippen molar-refractivity contribution in [2.75, 3.05) is 32.1 Å². The number of carbonyl (C=O) groups is 1. The molecular weight excluding hydrogens is 471 g/mol. The minimum atomic E-state index is -3.03. The van der Waals surface area contributed by atoms with Gasteiger partial charge in [0.1, 0.15) is 15.4 Å². The first-order valence-corrected chi connectivity index (χ1v) is 10.6. The Morgan fingerprint density at radius 2 is 1.65 bits per heavy atom. The Kier molecular flexibility index (Phi) is 12.5. The number of amides is 1. The van der Waals surface area contributed by atoms with Gasteiger partial charge < -0.3 is 20.7 Å². The number of guanidine groups is 1. The molecule has 26 heavy (non-hydrogen) atoms. The van der Waals surface area contributed by atoms with Crippen LogP contribution in [0.1, 0.15) is 47.5 Å². The summed E-state index contributed by atoms with van der Waals surface area (Å²) in [4.78, 5) is 16.2. The molecule has 8 nitrogen and oxygen atoms in total. The zero-order valence-corrected chi connectivity index (χ0v) is 20.1. The van der Waals surface area contributed by atoms with Gasteiger partial charge >= 0.3 is 6.09 Å². The third-order valence-electron chi connectivity index (χ3n) is 3.70. The van der Waals surface area contributed by atoms with Crippen LogP contribution in [0.25, 0.3) is 0 Å². The monoisotopic (exact) mass is 506 g/mol. The van der Waals surface area contributed by atoms with Crippen LogP contribution in [0.3, 0.4) is 0 Å². The van der Waals surface area contributed by atoms with Crippen molar-refractivity contribution in [2.45, 2.75) is 58.6 Å². The molecule has 0 radical (unpaired) electrons. The van der Waals surface area contributed by atoms with Crippen molar-refractivity contribution >= 4 is 45.9 Å². The van der Waals surface area contributed by atoms with E-state index in [0.29, 0.717) is 25.3 Å². The molecule has 3 N–H and O–H groups in total. The van der Waals surface area contributed by atoms with E-state index in [9.17, 15) is 13.2 Å². The first-order valence-electron chi connectivity index (χ1n) is 8.50. The Bertz CT molecular complexity index is 555. The van der Waals surface area contributed by atoms with Crippen LogP contribution in [0.4, 0.5) is 4.79 Å². The smallest absolute Gasteiger partial charge is 0.408 e. The number of hydrogen-bond donors (Lipinski definition) is 3. The van der Waals surface area contributed by atoms with Crippen LogP contribution in [-0.4, -0.2) is 63.8 Å². The average molecular weight is 506 g/mol. The van der Waals surface area contributed by atoms with Gasteiger partial charge in [-0.05, 0) is 33.6 Å². The first kappa shape index (κ1) is 27.4. The van der Waals surface area contributed by atoms with E-state index in [1.807, 2.05) is 34.6 Å². The lowest BCUT2D eigenvalue weighted by molar-refractivity contribution is 0.0448. The molecule has 10 heteroatoms. The van der Waals surface area contributed by atoms with Crippen LogP contribution < -0.4 is 16.0 Å². The van der Waals surface area contributed by atoms with Crippen molar-refractivity contribution in [1.29, 1.82) is 0 Å². The second-order valence-electron chi connectivity index (χ2n) is 7.10. The largest absolute Gasteiger partial charge is 0.444 e. The summed E-state index contributed by atoms with van der Waals surface area (Å²) in [5.74, 6) is 0.511. The second kappa shape index (κ2) is 11.8. The summed E-state index contributed by atoms with van der Waals surface area (Å²) in [6.07, 6.45) is 2.14. The van der Waals surface area contributed by atoms with Gasteiger partial charge in [-0.3, -0.25) is 4.99 Å². The zero-order valence-electron chi connectivity index (χ0n) is 16.9. The molecule has 0 aliphatic rings. The second-order valence-corrected chi connectivity index (χ2v) is 9.36. The fourth-order valence-electron chi connectivity index (χ4n) is 2.07. The van der Waals surface area contributed by atoms with Gasteiger partial charge in [0.15, 0.2) is 5.96 Å². The van der Waals surface area contributed by atoms with Crippen molar-refractivity contribution in [3.05, 3.63) is 0 Å². The number of nitrogens with zero attached hydrogens (tertiary/aromatic N) is 1. The van der Waals surface area contributed by atoms with E-state index in [1.165, 1.54) is 6.26 Å². The maximum atomic E-state index is 12.1. The van der Waals surface area contributed by atoms with Gasteiger partial charge in [-0.2, -0.15) is 0 Å². The van der Waals surface area contributed by atoms with Crippen LogP contribution in [0.2, 0.25) is 0 Å². The molecule has 0 heterocycles. The number of carbonyl (C=O) groups excluding carboxylic acids is 1. The number of halogens is 1. The van der Waals surface area contributed by atoms with E-state index >= 15 is 0 Å². The highest BCUT2D eigenvalue weighted by Gasteiger charge is 2.30. The summed E-state index contributed by atoms with van der Waals surface area (Å²) in [6.45, 7) is 10.1. The highest BCUT2D eigenvalue weighted by molar-refractivity contribution is 14.0. The molecular formula is C16H35IN4O4S. The lowest BCUT2D eigenvalue weighted by Gasteiger charge is -2.34. The van der Waals surface area contributed by atoms with E-state index < -0.39 is 27.1 Å². The van der Waals surface area contributed by atoms with Gasteiger partial charge in [-0.15, -0.1) is 24.0 Å². The number of nitrogens with one attached hydrogen (secondary N) is 3. The predicted molar refractivity (Wildman–Crippen MR) is 117 cm³/mol. The van der Waals surface area contributed by atoms with Gasteiger partial charge in [-0.1, -0.05) is 13.8 Å². The molecule has 0 fully saturated rings. The Morgan fingerprint density at radius 3 is 2.04 bits per heavy atom. The summed E-state index contributed by atoms with van der Waals surface area (Å²) >= 11 is 0. The molecule has 0 saturated heterocycles. The van der Waals surface area contributed by atoms with Gasteiger partial charge in [0.25, 0.3) is 0 Å². The van der Waals surface area contributed by atoms with Crippen LogP contribution in [-0.2, 0) is 14.6 Å². The average Bonchev–Trinajstić information content (AvgIpc) is 2.46. The van der Waals surface area contributed by atoms with Crippen molar-refractivity contribution in [3.63, 3.8) is 0 Å². The normalized spacial score (nSPS) is 12.8. The maximum Gasteiger partial charge on any atom is 0.408 e. The number of ether oxygens (including phenoxy) is 1. The lowest BCUT2D eigenvalue weighted by atomic mass is 9.93. The Balaban J connectivity index is 0. The lowest BCUT2D eigenvalue weighted by Crippen LogP contribution is -2.57. The quantitative estimate of drug-likeness (QED) is 0.264. The van der Waals surface area contributed by atoms with Crippen LogP contribution in [0.5, 0.6) is 0 Å². The first-order chi connectivity index (χ1) is 11.4. The number of alkyl carbamates (subject to hydrolysis) is 1. The fraction of sp³-hybridized carbons (Fsp3) is 0.875. The molecule has 0 aromatic heterocycles. The van der Waals surface area contributed by atoms with Crippen molar-refractivity contribution in [2.24, 2.45) is 4.99 Å². The van der Waals surface area contributed by atoms with E-state index in [4.69, 9.17) is 4.74 Å². The van der Waals surface area contributed by atoms with Crippen molar-refractivity contribution in [3.8, 4) is 0 Å². The number of rotatable bonds is 8. The van der Waals surface area contributed by atoms with Gasteiger partial charge in [0.2, 0.25) is 0 Å². The predicted octanol–water partition coefficient (Wildman–Crippen LogP) is 1.90. The fourth-order valence-corrected chi connectivity index (χ4v) is 2.54. The minimum Gasteiger partial charge on any atom is -0.444 e. The molecule has 0 unspecified atom stereocenters. The maximum absolute atomic E-state index is 12.1. The molecule has 156 valence electrons. The van der Waals surface area contributed by atoms with Gasteiger partial charge in [0, 0.05) is 26.4 Å². The Labute approximate surface area is 175 Å². The van der Waals surface area contributed by atoms with E-state index in [2.05, 4.69) is 20.9 Å². The highest BCUT2D eigenvalue weighted by Crippen LogP contribution is 2.16. The molecule has 0 atom stereocenters. The third-order valence-corrected chi connectivity index (χ3v) is 4.65. The topological polar surface area (TPSA) is 109 Å². The van der Waals surface area contributed by atoms with Gasteiger partial charge in [-0.25, -0.2) is 13.2 Å². The zero-order chi connectivity index (χ0) is 19.7. The molecule has 1 amide bonds. The number of hydrogen-bond acceptors (Lipinski definition) is 5. The Hall–Kier alpha value is -0.780. The molecule has 0 aliphatic carbocycles. The SMILES string of the molecule is CCC(CC)(CNC(=NC)NCCS(C)(=O)=O)NC(=O)OC(C)(C)C.I. The molecule has 0 saturated carbocycles. The summed E-state index contributed by atoms with van der Waals surface area (Å²) in [5.41, 5.74) is -1.05. The van der Waals surface area contributed by atoms with E-state index in [-0.39, 0.29) is 36.3 Å². The van der Waals surface area contributed by atoms with Crippen LogP contribution >= 0.6 is 24.0 Å². The molecule has 0 aromatic rings. The van der Waals surface area contributed by atoms with Crippen molar-refractivity contribution < 1.29 is 17.9 Å². The van der Waals surface area contributed by atoms with E-state index in [1.54, 1.807) is 7.05 Å². The van der Waals surface area contributed by atoms with E-state index in [0.717, 1.165) is 0 Å². The summed E-state index contributed by atoms with van der Waals surface area (Å²) < 4.78 is 27.7. The van der Waals surface area contributed by atoms with Gasteiger partial charge in [0.05, 0.1) is 11.3 Å². The van der Waals surface area contributed by atoms with Crippen LogP contribution in [0, 0.1) is 0 Å². The highest BCUT2D eigenvalue weighted by atomic mass is 127. The Morgan fingerprint density at radius 1 is 1.12 bits per heavy atom. The summed E-state index contributed by atoms with van der Waals surface area (Å²) in [7, 11) is -1.43. The standard InChI is InChI=1S/C16H34N4O4S.HI/c1-8-16(9-2,20-14(21)24-15(3,4)5)12-19-13(17-6)18-10-11-25(7,22)23;/h8-12H2,1-7H3,(H,20,21)(H2,17,18,19);1H.